The monoisotopic (exact) mass is 294 g/mol. The molecule has 0 radical (unpaired) electrons. The van der Waals surface area contributed by atoms with Crippen LogP contribution in [0.2, 0.25) is 0 Å². The number of hydrogen-bond donors (Lipinski definition) is 2. The van der Waals surface area contributed by atoms with E-state index in [1.165, 1.54) is 12.8 Å². The summed E-state index contributed by atoms with van der Waals surface area (Å²) in [6.07, 6.45) is -2.54. The molecule has 0 aliphatic carbocycles. The average Bonchev–Trinajstić information content (AvgIpc) is 2.38. The molecule has 2 N–H and O–H groups in total. The van der Waals surface area contributed by atoms with Crippen molar-refractivity contribution in [3.63, 3.8) is 0 Å². The molecule has 118 valence electrons. The summed E-state index contributed by atoms with van der Waals surface area (Å²) >= 11 is 0. The van der Waals surface area contributed by atoms with Crippen molar-refractivity contribution >= 4 is 5.96 Å². The molecule has 7 heteroatoms. The topological polar surface area (TPSA) is 39.7 Å². The molecule has 1 saturated heterocycles. The number of hydrogen-bond acceptors (Lipinski definition) is 2. The third kappa shape index (κ3) is 7.57. The van der Waals surface area contributed by atoms with E-state index in [0.717, 1.165) is 25.6 Å². The fourth-order valence-electron chi connectivity index (χ4n) is 2.16. The molecule has 0 spiro atoms. The Hall–Kier alpha value is -0.980. The highest BCUT2D eigenvalue weighted by molar-refractivity contribution is 5.79. The molecule has 0 amide bonds. The second-order valence-electron chi connectivity index (χ2n) is 5.32. The van der Waals surface area contributed by atoms with Crippen LogP contribution in [0.3, 0.4) is 0 Å². The lowest BCUT2D eigenvalue weighted by molar-refractivity contribution is -0.132. The van der Waals surface area contributed by atoms with Crippen LogP contribution in [0.1, 0.15) is 26.2 Å². The van der Waals surface area contributed by atoms with Gasteiger partial charge in [-0.05, 0) is 31.8 Å². The van der Waals surface area contributed by atoms with Gasteiger partial charge in [0.1, 0.15) is 0 Å². The minimum absolute atomic E-state index is 0.148. The Balaban J connectivity index is 2.12. The Kier molecular flexibility index (Phi) is 7.12. The van der Waals surface area contributed by atoms with Crippen molar-refractivity contribution in [2.24, 2.45) is 10.9 Å². The van der Waals surface area contributed by atoms with E-state index in [1.54, 1.807) is 7.05 Å². The molecule has 0 unspecified atom stereocenters. The van der Waals surface area contributed by atoms with E-state index in [2.05, 4.69) is 27.4 Å². The van der Waals surface area contributed by atoms with Crippen LogP contribution in [0.5, 0.6) is 0 Å². The fraction of sp³-hybridized carbons (Fsp3) is 0.923. The maximum absolute atomic E-state index is 12.0. The molecule has 1 rings (SSSR count). The van der Waals surface area contributed by atoms with Gasteiger partial charge >= 0.3 is 6.18 Å². The average molecular weight is 294 g/mol. The van der Waals surface area contributed by atoms with Gasteiger partial charge in [0.05, 0.1) is 6.42 Å². The third-order valence-electron chi connectivity index (χ3n) is 3.52. The highest BCUT2D eigenvalue weighted by Crippen LogP contribution is 2.18. The first-order valence-electron chi connectivity index (χ1n) is 7.14. The Labute approximate surface area is 118 Å². The number of aliphatic imine (C=N–C) groups is 1. The van der Waals surface area contributed by atoms with Gasteiger partial charge in [0, 0.05) is 26.7 Å². The zero-order chi connectivity index (χ0) is 15.0. The predicted octanol–water partition coefficient (Wildman–Crippen LogP) is 1.84. The van der Waals surface area contributed by atoms with Crippen LogP contribution < -0.4 is 10.6 Å². The van der Waals surface area contributed by atoms with Gasteiger partial charge in [-0.2, -0.15) is 13.2 Å². The maximum atomic E-state index is 12.0. The highest BCUT2D eigenvalue weighted by Gasteiger charge is 2.26. The molecule has 1 aliphatic rings. The van der Waals surface area contributed by atoms with Crippen molar-refractivity contribution < 1.29 is 13.2 Å². The minimum atomic E-state index is -4.13. The van der Waals surface area contributed by atoms with E-state index in [-0.39, 0.29) is 6.54 Å². The van der Waals surface area contributed by atoms with Crippen molar-refractivity contribution in [2.45, 2.75) is 32.4 Å². The van der Waals surface area contributed by atoms with Crippen LogP contribution in [-0.2, 0) is 0 Å². The first-order chi connectivity index (χ1) is 9.40. The summed E-state index contributed by atoms with van der Waals surface area (Å²) in [5.41, 5.74) is 0. The Bertz CT molecular complexity index is 296. The van der Waals surface area contributed by atoms with Crippen molar-refractivity contribution in [1.29, 1.82) is 0 Å². The largest absolute Gasteiger partial charge is 0.390 e. The SMILES string of the molecule is CN=C(NCCN1CCC(C)CC1)NCCC(F)(F)F. The maximum Gasteiger partial charge on any atom is 0.390 e. The quantitative estimate of drug-likeness (QED) is 0.600. The molecular weight excluding hydrogens is 269 g/mol. The Morgan fingerprint density at radius 1 is 1.20 bits per heavy atom. The highest BCUT2D eigenvalue weighted by atomic mass is 19.4. The molecule has 0 aromatic rings. The van der Waals surface area contributed by atoms with Crippen LogP contribution in [0.4, 0.5) is 13.2 Å². The molecule has 0 saturated carbocycles. The lowest BCUT2D eigenvalue weighted by Crippen LogP contribution is -2.43. The molecule has 0 aromatic carbocycles. The summed E-state index contributed by atoms with van der Waals surface area (Å²) in [5.74, 6) is 1.23. The minimum Gasteiger partial charge on any atom is -0.356 e. The second-order valence-corrected chi connectivity index (χ2v) is 5.32. The van der Waals surface area contributed by atoms with Crippen LogP contribution >= 0.6 is 0 Å². The lowest BCUT2D eigenvalue weighted by Gasteiger charge is -2.30. The number of likely N-dealkylation sites (tertiary alicyclic amines) is 1. The number of nitrogens with one attached hydrogen (secondary N) is 2. The van der Waals surface area contributed by atoms with Crippen LogP contribution in [0, 0.1) is 5.92 Å². The summed E-state index contributed by atoms with van der Waals surface area (Å²) in [6, 6.07) is 0. The van der Waals surface area contributed by atoms with E-state index in [0.29, 0.717) is 12.5 Å². The van der Waals surface area contributed by atoms with Gasteiger partial charge in [0.15, 0.2) is 5.96 Å². The molecule has 0 atom stereocenters. The summed E-state index contributed by atoms with van der Waals surface area (Å²) in [4.78, 5) is 6.28. The molecule has 20 heavy (non-hydrogen) atoms. The standard InChI is InChI=1S/C13H25F3N4/c1-11-3-8-20(9-4-11)10-7-19-12(17-2)18-6-5-13(14,15)16/h11H,3-10H2,1-2H3,(H2,17,18,19). The van der Waals surface area contributed by atoms with Gasteiger partial charge in [-0.25, -0.2) is 0 Å². The van der Waals surface area contributed by atoms with Gasteiger partial charge < -0.3 is 15.5 Å². The summed E-state index contributed by atoms with van der Waals surface area (Å²) in [5, 5.41) is 5.72. The van der Waals surface area contributed by atoms with Crippen molar-refractivity contribution in [1.82, 2.24) is 15.5 Å². The smallest absolute Gasteiger partial charge is 0.356 e. The van der Waals surface area contributed by atoms with E-state index in [1.807, 2.05) is 0 Å². The van der Waals surface area contributed by atoms with Gasteiger partial charge in [-0.15, -0.1) is 0 Å². The second kappa shape index (κ2) is 8.34. The number of halogens is 3. The van der Waals surface area contributed by atoms with Gasteiger partial charge in [-0.1, -0.05) is 6.92 Å². The molecule has 0 aromatic heterocycles. The molecule has 1 fully saturated rings. The predicted molar refractivity (Wildman–Crippen MR) is 74.9 cm³/mol. The van der Waals surface area contributed by atoms with Gasteiger partial charge in [-0.3, -0.25) is 4.99 Å². The lowest BCUT2D eigenvalue weighted by atomic mass is 9.99. The van der Waals surface area contributed by atoms with Crippen molar-refractivity contribution in [3.05, 3.63) is 0 Å². The van der Waals surface area contributed by atoms with Crippen LogP contribution in [-0.4, -0.2) is 56.8 Å². The van der Waals surface area contributed by atoms with Crippen LogP contribution in [0.25, 0.3) is 0 Å². The number of nitrogens with zero attached hydrogens (tertiary/aromatic N) is 2. The van der Waals surface area contributed by atoms with Crippen LogP contribution in [0.15, 0.2) is 4.99 Å². The van der Waals surface area contributed by atoms with E-state index < -0.39 is 12.6 Å². The normalized spacial score (nSPS) is 19.1. The number of rotatable bonds is 5. The first-order valence-corrected chi connectivity index (χ1v) is 7.14. The Morgan fingerprint density at radius 3 is 2.35 bits per heavy atom. The summed E-state index contributed by atoms with van der Waals surface area (Å²) in [7, 11) is 1.56. The molecular formula is C13H25F3N4. The summed E-state index contributed by atoms with van der Waals surface area (Å²) in [6.45, 7) is 5.91. The van der Waals surface area contributed by atoms with Crippen molar-refractivity contribution in [3.8, 4) is 0 Å². The zero-order valence-corrected chi connectivity index (χ0v) is 12.3. The van der Waals surface area contributed by atoms with E-state index in [4.69, 9.17) is 0 Å². The first kappa shape index (κ1) is 17.1. The third-order valence-corrected chi connectivity index (χ3v) is 3.52. The Morgan fingerprint density at radius 2 is 1.80 bits per heavy atom. The van der Waals surface area contributed by atoms with Gasteiger partial charge in [0.2, 0.25) is 0 Å². The van der Waals surface area contributed by atoms with Gasteiger partial charge in [0.25, 0.3) is 0 Å². The molecule has 4 nitrogen and oxygen atoms in total. The number of guanidine groups is 1. The zero-order valence-electron chi connectivity index (χ0n) is 12.3. The molecule has 0 bridgehead atoms. The van der Waals surface area contributed by atoms with Crippen molar-refractivity contribution in [2.75, 3.05) is 39.8 Å². The fourth-order valence-corrected chi connectivity index (χ4v) is 2.16. The number of piperidine rings is 1. The number of alkyl halides is 3. The molecule has 1 heterocycles. The molecule has 1 aliphatic heterocycles. The van der Waals surface area contributed by atoms with E-state index in [9.17, 15) is 13.2 Å². The summed E-state index contributed by atoms with van der Waals surface area (Å²) < 4.78 is 36.1. The van der Waals surface area contributed by atoms with E-state index >= 15 is 0 Å².